The van der Waals surface area contributed by atoms with E-state index in [1.165, 1.54) is 6.07 Å². The fourth-order valence-corrected chi connectivity index (χ4v) is 2.18. The number of nitrogens with one attached hydrogen (secondary N) is 1. The van der Waals surface area contributed by atoms with Gasteiger partial charge in [0.1, 0.15) is 5.82 Å². The molecule has 2 nitrogen and oxygen atoms in total. The second-order valence-corrected chi connectivity index (χ2v) is 4.06. The van der Waals surface area contributed by atoms with Gasteiger partial charge in [-0.2, -0.15) is 0 Å². The minimum absolute atomic E-state index is 0.324. The molecule has 0 unspecified atom stereocenters. The van der Waals surface area contributed by atoms with E-state index < -0.39 is 0 Å². The van der Waals surface area contributed by atoms with Crippen LogP contribution in [0.4, 0.5) is 10.1 Å². The van der Waals surface area contributed by atoms with E-state index in [1.54, 1.807) is 6.92 Å². The maximum Gasteiger partial charge on any atom is 0.211 e. The Balaban J connectivity index is 3.34. The average Bonchev–Trinajstić information content (AvgIpc) is 2.09. The van der Waals surface area contributed by atoms with Crippen molar-refractivity contribution in [1.82, 2.24) is 0 Å². The van der Waals surface area contributed by atoms with Gasteiger partial charge in [-0.1, -0.05) is 0 Å². The van der Waals surface area contributed by atoms with Crippen LogP contribution in [0.3, 0.4) is 0 Å². The Morgan fingerprint density at radius 3 is 2.69 bits per heavy atom. The van der Waals surface area contributed by atoms with Gasteiger partial charge >= 0.3 is 0 Å². The summed E-state index contributed by atoms with van der Waals surface area (Å²) in [5, 5.41) is 2.47. The summed E-state index contributed by atoms with van der Waals surface area (Å²) < 4.78 is 14.1. The van der Waals surface area contributed by atoms with Crippen molar-refractivity contribution in [3.63, 3.8) is 0 Å². The van der Waals surface area contributed by atoms with E-state index in [1.807, 2.05) is 0 Å². The minimum Gasteiger partial charge on any atom is -0.327 e. The highest BCUT2D eigenvalue weighted by atomic mass is 79.9. The summed E-state index contributed by atoms with van der Waals surface area (Å²) >= 11 is 6.33. The molecule has 0 heterocycles. The number of hydrogen-bond donors (Lipinski definition) is 1. The molecule has 0 aliphatic rings. The molecule has 13 heavy (non-hydrogen) atoms. The van der Waals surface area contributed by atoms with Gasteiger partial charge in [0.05, 0.1) is 5.69 Å². The standard InChI is InChI=1S/C8H6Br2FNO/c1-4-6(11)2-5(9)8(7(4)10)12-3-13/h2-3H,1H3,(H,12,13). The Labute approximate surface area is 91.8 Å². The van der Waals surface area contributed by atoms with Crippen LogP contribution in [0.15, 0.2) is 15.0 Å². The van der Waals surface area contributed by atoms with Gasteiger partial charge in [-0.3, -0.25) is 4.79 Å². The van der Waals surface area contributed by atoms with Crippen molar-refractivity contribution in [2.75, 3.05) is 5.32 Å². The van der Waals surface area contributed by atoms with Crippen molar-refractivity contribution >= 4 is 44.0 Å². The van der Waals surface area contributed by atoms with Gasteiger partial charge in [0.15, 0.2) is 0 Å². The molecular formula is C8H6Br2FNO. The normalized spacial score (nSPS) is 9.85. The van der Waals surface area contributed by atoms with Crippen LogP contribution in [0, 0.1) is 12.7 Å². The molecule has 0 fully saturated rings. The molecule has 0 aliphatic heterocycles. The molecule has 1 N–H and O–H groups in total. The second kappa shape index (κ2) is 4.19. The van der Waals surface area contributed by atoms with Crippen LogP contribution < -0.4 is 5.32 Å². The van der Waals surface area contributed by atoms with Crippen LogP contribution in [0.1, 0.15) is 5.56 Å². The Kier molecular flexibility index (Phi) is 3.44. The zero-order chi connectivity index (χ0) is 10.0. The highest BCUT2D eigenvalue weighted by Gasteiger charge is 2.11. The molecule has 0 radical (unpaired) electrons. The van der Waals surface area contributed by atoms with Gasteiger partial charge < -0.3 is 5.32 Å². The number of carbonyl (C=O) groups is 1. The van der Waals surface area contributed by atoms with Gasteiger partial charge in [0.2, 0.25) is 6.41 Å². The van der Waals surface area contributed by atoms with Crippen molar-refractivity contribution in [1.29, 1.82) is 0 Å². The zero-order valence-corrected chi connectivity index (χ0v) is 9.87. The third-order valence-electron chi connectivity index (χ3n) is 1.60. The molecular weight excluding hydrogens is 305 g/mol. The van der Waals surface area contributed by atoms with Crippen LogP contribution in [0.2, 0.25) is 0 Å². The smallest absolute Gasteiger partial charge is 0.211 e. The lowest BCUT2D eigenvalue weighted by Gasteiger charge is -2.08. The lowest BCUT2D eigenvalue weighted by molar-refractivity contribution is -0.105. The Bertz CT molecular complexity index is 354. The molecule has 0 saturated heterocycles. The fraction of sp³-hybridized carbons (Fsp3) is 0.125. The molecule has 0 atom stereocenters. The molecule has 1 aromatic carbocycles. The number of carbonyl (C=O) groups excluding carboxylic acids is 1. The maximum absolute atomic E-state index is 13.1. The second-order valence-electron chi connectivity index (χ2n) is 2.42. The number of rotatable bonds is 2. The Morgan fingerprint density at radius 1 is 1.54 bits per heavy atom. The highest BCUT2D eigenvalue weighted by Crippen LogP contribution is 2.34. The number of anilines is 1. The Hall–Kier alpha value is -0.420. The van der Waals surface area contributed by atoms with Gasteiger partial charge in [-0.15, -0.1) is 0 Å². The monoisotopic (exact) mass is 309 g/mol. The largest absolute Gasteiger partial charge is 0.327 e. The van der Waals surface area contributed by atoms with Crippen molar-refractivity contribution in [3.05, 3.63) is 26.4 Å². The summed E-state index contributed by atoms with van der Waals surface area (Å²) in [5.41, 5.74) is 1.00. The third kappa shape index (κ3) is 2.08. The lowest BCUT2D eigenvalue weighted by Crippen LogP contribution is -1.98. The van der Waals surface area contributed by atoms with Gasteiger partial charge in [0.25, 0.3) is 0 Å². The predicted molar refractivity (Wildman–Crippen MR) is 56.2 cm³/mol. The first-order valence-electron chi connectivity index (χ1n) is 3.42. The average molecular weight is 311 g/mol. The van der Waals surface area contributed by atoms with Crippen molar-refractivity contribution in [2.45, 2.75) is 6.92 Å². The Morgan fingerprint density at radius 2 is 2.15 bits per heavy atom. The first-order valence-corrected chi connectivity index (χ1v) is 5.00. The topological polar surface area (TPSA) is 29.1 Å². The van der Waals surface area contributed by atoms with Gasteiger partial charge in [0, 0.05) is 14.5 Å². The summed E-state index contributed by atoms with van der Waals surface area (Å²) in [6, 6.07) is 1.31. The van der Waals surface area contributed by atoms with Crippen molar-refractivity contribution < 1.29 is 9.18 Å². The quantitative estimate of drug-likeness (QED) is 0.835. The SMILES string of the molecule is Cc1c(F)cc(Br)c(NC=O)c1Br. The van der Waals surface area contributed by atoms with Gasteiger partial charge in [-0.25, -0.2) is 4.39 Å². The van der Waals surface area contributed by atoms with E-state index in [9.17, 15) is 9.18 Å². The fourth-order valence-electron chi connectivity index (χ4n) is 0.880. The third-order valence-corrected chi connectivity index (χ3v) is 3.22. The van der Waals surface area contributed by atoms with E-state index in [0.29, 0.717) is 26.6 Å². The first-order chi connectivity index (χ1) is 6.07. The number of benzene rings is 1. The van der Waals surface area contributed by atoms with E-state index in [-0.39, 0.29) is 5.82 Å². The molecule has 1 rings (SSSR count). The maximum atomic E-state index is 13.1. The van der Waals surface area contributed by atoms with E-state index in [4.69, 9.17) is 0 Å². The number of hydrogen-bond acceptors (Lipinski definition) is 1. The summed E-state index contributed by atoms with van der Waals surface area (Å²) in [7, 11) is 0. The van der Waals surface area contributed by atoms with Crippen LogP contribution >= 0.6 is 31.9 Å². The number of amides is 1. The van der Waals surface area contributed by atoms with E-state index in [0.717, 1.165) is 0 Å². The summed E-state index contributed by atoms with van der Waals surface area (Å²) in [5.74, 6) is -0.324. The first kappa shape index (κ1) is 10.7. The van der Waals surface area contributed by atoms with Crippen molar-refractivity contribution in [2.24, 2.45) is 0 Å². The zero-order valence-electron chi connectivity index (χ0n) is 6.70. The molecule has 70 valence electrons. The van der Waals surface area contributed by atoms with Crippen LogP contribution in [0.25, 0.3) is 0 Å². The lowest BCUT2D eigenvalue weighted by atomic mass is 10.2. The number of halogens is 3. The molecule has 0 aromatic heterocycles. The molecule has 0 spiro atoms. The van der Waals surface area contributed by atoms with Crippen LogP contribution in [0.5, 0.6) is 0 Å². The summed E-state index contributed by atoms with van der Waals surface area (Å²) in [6.45, 7) is 1.63. The highest BCUT2D eigenvalue weighted by molar-refractivity contribution is 9.11. The van der Waals surface area contributed by atoms with Gasteiger partial charge in [-0.05, 0) is 44.8 Å². The van der Waals surface area contributed by atoms with Crippen LogP contribution in [-0.2, 0) is 4.79 Å². The van der Waals surface area contributed by atoms with Crippen LogP contribution in [-0.4, -0.2) is 6.41 Å². The summed E-state index contributed by atoms with van der Waals surface area (Å²) in [6.07, 6.45) is 0.544. The molecule has 0 saturated carbocycles. The van der Waals surface area contributed by atoms with Crippen molar-refractivity contribution in [3.8, 4) is 0 Å². The van der Waals surface area contributed by atoms with E-state index >= 15 is 0 Å². The predicted octanol–water partition coefficient (Wildman–Crippen LogP) is 3.23. The molecule has 1 aromatic rings. The molecule has 0 bridgehead atoms. The molecule has 5 heteroatoms. The summed E-state index contributed by atoms with van der Waals surface area (Å²) in [4.78, 5) is 10.2. The molecule has 0 aliphatic carbocycles. The minimum atomic E-state index is -0.324. The van der Waals surface area contributed by atoms with E-state index in [2.05, 4.69) is 37.2 Å². The molecule has 1 amide bonds.